The number of unbranched alkanes of at least 4 members (excludes halogenated alkanes) is 1. The van der Waals surface area contributed by atoms with E-state index in [-0.39, 0.29) is 5.91 Å². The van der Waals surface area contributed by atoms with Crippen molar-refractivity contribution in [3.63, 3.8) is 0 Å². The van der Waals surface area contributed by atoms with Gasteiger partial charge in [0.05, 0.1) is 19.8 Å². The van der Waals surface area contributed by atoms with Gasteiger partial charge in [-0.15, -0.1) is 0 Å². The summed E-state index contributed by atoms with van der Waals surface area (Å²) in [7, 11) is 3.11. The first-order valence-electron chi connectivity index (χ1n) is 5.83. The number of amides is 1. The van der Waals surface area contributed by atoms with Gasteiger partial charge in [0, 0.05) is 11.0 Å². The lowest BCUT2D eigenvalue weighted by atomic mass is 10.2. The van der Waals surface area contributed by atoms with E-state index in [1.165, 1.54) is 0 Å². The fraction of sp³-hybridized carbons (Fsp3) is 0.462. The molecule has 0 radical (unpaired) electrons. The molecule has 0 saturated carbocycles. The van der Waals surface area contributed by atoms with Crippen molar-refractivity contribution in [3.8, 4) is 11.5 Å². The van der Waals surface area contributed by atoms with Gasteiger partial charge in [-0.1, -0.05) is 13.3 Å². The maximum Gasteiger partial charge on any atom is 0.252 e. The van der Waals surface area contributed by atoms with Crippen LogP contribution in [-0.2, 0) is 0 Å². The lowest BCUT2D eigenvalue weighted by molar-refractivity contribution is 0.0952. The molecular formula is C13H18BrNO3. The quantitative estimate of drug-likeness (QED) is 0.821. The number of hydrogen-bond acceptors (Lipinski definition) is 3. The Morgan fingerprint density at radius 3 is 2.44 bits per heavy atom. The van der Waals surface area contributed by atoms with Crippen molar-refractivity contribution < 1.29 is 14.3 Å². The number of rotatable bonds is 6. The zero-order valence-electron chi connectivity index (χ0n) is 10.9. The van der Waals surface area contributed by atoms with Gasteiger partial charge in [-0.3, -0.25) is 4.79 Å². The second-order valence-corrected chi connectivity index (χ2v) is 4.65. The molecule has 1 rings (SSSR count). The minimum Gasteiger partial charge on any atom is -0.493 e. The molecule has 100 valence electrons. The van der Waals surface area contributed by atoms with Gasteiger partial charge in [-0.25, -0.2) is 0 Å². The zero-order valence-corrected chi connectivity index (χ0v) is 12.5. The molecule has 0 unspecified atom stereocenters. The van der Waals surface area contributed by atoms with E-state index in [2.05, 4.69) is 28.2 Å². The highest BCUT2D eigenvalue weighted by Gasteiger charge is 2.14. The summed E-state index contributed by atoms with van der Waals surface area (Å²) in [6.45, 7) is 2.76. The molecule has 1 aromatic carbocycles. The Labute approximate surface area is 116 Å². The van der Waals surface area contributed by atoms with Crippen molar-refractivity contribution in [3.05, 3.63) is 22.2 Å². The van der Waals surface area contributed by atoms with Crippen LogP contribution in [-0.4, -0.2) is 26.7 Å². The lowest BCUT2D eigenvalue weighted by Gasteiger charge is -2.12. The number of methoxy groups -OCH3 is 2. The predicted octanol–water partition coefficient (Wildman–Crippen LogP) is 3.00. The lowest BCUT2D eigenvalue weighted by Crippen LogP contribution is -2.24. The van der Waals surface area contributed by atoms with Crippen LogP contribution in [0.5, 0.6) is 11.5 Å². The average molecular weight is 316 g/mol. The van der Waals surface area contributed by atoms with Crippen molar-refractivity contribution in [2.45, 2.75) is 19.8 Å². The van der Waals surface area contributed by atoms with E-state index in [4.69, 9.17) is 9.47 Å². The molecule has 1 N–H and O–H groups in total. The van der Waals surface area contributed by atoms with Gasteiger partial charge in [0.1, 0.15) is 0 Å². The molecular weight excluding hydrogens is 298 g/mol. The molecule has 1 aromatic rings. The summed E-state index contributed by atoms with van der Waals surface area (Å²) in [6, 6.07) is 3.40. The summed E-state index contributed by atoms with van der Waals surface area (Å²) in [5, 5.41) is 2.86. The first-order valence-corrected chi connectivity index (χ1v) is 6.63. The monoisotopic (exact) mass is 315 g/mol. The molecule has 0 atom stereocenters. The molecule has 0 aliphatic heterocycles. The van der Waals surface area contributed by atoms with Crippen molar-refractivity contribution in [1.29, 1.82) is 0 Å². The van der Waals surface area contributed by atoms with Crippen LogP contribution < -0.4 is 14.8 Å². The molecule has 0 saturated heterocycles. The highest BCUT2D eigenvalue weighted by Crippen LogP contribution is 2.33. The summed E-state index contributed by atoms with van der Waals surface area (Å²) in [5.74, 6) is 1.02. The largest absolute Gasteiger partial charge is 0.493 e. The van der Waals surface area contributed by atoms with E-state index in [0.29, 0.717) is 28.1 Å². The Kier molecular flexibility index (Phi) is 5.98. The Morgan fingerprint density at radius 1 is 1.28 bits per heavy atom. The first kappa shape index (κ1) is 14.8. The second-order valence-electron chi connectivity index (χ2n) is 3.80. The Morgan fingerprint density at radius 2 is 1.89 bits per heavy atom. The van der Waals surface area contributed by atoms with E-state index in [1.807, 2.05) is 0 Å². The molecule has 0 aromatic heterocycles. The summed E-state index contributed by atoms with van der Waals surface area (Å²) in [6.07, 6.45) is 2.02. The topological polar surface area (TPSA) is 47.6 Å². The summed E-state index contributed by atoms with van der Waals surface area (Å²) < 4.78 is 11.0. The maximum atomic E-state index is 12.0. The highest BCUT2D eigenvalue weighted by molar-refractivity contribution is 9.10. The van der Waals surface area contributed by atoms with Crippen molar-refractivity contribution in [2.24, 2.45) is 0 Å². The van der Waals surface area contributed by atoms with Crippen LogP contribution in [0.15, 0.2) is 16.6 Å². The summed E-state index contributed by atoms with van der Waals surface area (Å²) in [5.41, 5.74) is 0.545. The van der Waals surface area contributed by atoms with Gasteiger partial charge >= 0.3 is 0 Å². The molecule has 0 bridgehead atoms. The van der Waals surface area contributed by atoms with E-state index in [9.17, 15) is 4.79 Å². The summed E-state index contributed by atoms with van der Waals surface area (Å²) in [4.78, 5) is 12.0. The van der Waals surface area contributed by atoms with Gasteiger partial charge in [-0.05, 0) is 34.5 Å². The molecule has 18 heavy (non-hydrogen) atoms. The molecule has 1 amide bonds. The Bertz CT molecular complexity index is 421. The van der Waals surface area contributed by atoms with E-state index in [1.54, 1.807) is 26.4 Å². The Hall–Kier alpha value is -1.23. The smallest absolute Gasteiger partial charge is 0.252 e. The van der Waals surface area contributed by atoms with Gasteiger partial charge in [-0.2, -0.15) is 0 Å². The Balaban J connectivity index is 2.91. The molecule has 4 nitrogen and oxygen atoms in total. The van der Waals surface area contributed by atoms with E-state index in [0.717, 1.165) is 12.8 Å². The third-order valence-corrected chi connectivity index (χ3v) is 3.19. The van der Waals surface area contributed by atoms with Crippen LogP contribution in [0.4, 0.5) is 0 Å². The SMILES string of the molecule is CCCCNC(=O)c1cc(OC)c(OC)cc1Br. The van der Waals surface area contributed by atoms with Crippen molar-refractivity contribution in [2.75, 3.05) is 20.8 Å². The number of hydrogen-bond donors (Lipinski definition) is 1. The normalized spacial score (nSPS) is 10.0. The number of halogens is 1. The molecule has 0 heterocycles. The summed E-state index contributed by atoms with van der Waals surface area (Å²) >= 11 is 3.36. The van der Waals surface area contributed by atoms with E-state index < -0.39 is 0 Å². The highest BCUT2D eigenvalue weighted by atomic mass is 79.9. The first-order chi connectivity index (χ1) is 8.63. The third-order valence-electron chi connectivity index (χ3n) is 2.53. The van der Waals surface area contributed by atoms with Crippen LogP contribution in [0.25, 0.3) is 0 Å². The number of carbonyl (C=O) groups excluding carboxylic acids is 1. The van der Waals surface area contributed by atoms with Gasteiger partial charge in [0.15, 0.2) is 11.5 Å². The van der Waals surface area contributed by atoms with Crippen molar-refractivity contribution >= 4 is 21.8 Å². The van der Waals surface area contributed by atoms with Crippen LogP contribution in [0.3, 0.4) is 0 Å². The molecule has 0 aliphatic carbocycles. The third kappa shape index (κ3) is 3.63. The minimum absolute atomic E-state index is 0.115. The predicted molar refractivity (Wildman–Crippen MR) is 74.5 cm³/mol. The molecule has 0 aliphatic rings. The van der Waals surface area contributed by atoms with Gasteiger partial charge < -0.3 is 14.8 Å². The van der Waals surface area contributed by atoms with E-state index >= 15 is 0 Å². The fourth-order valence-corrected chi connectivity index (χ4v) is 2.00. The average Bonchev–Trinajstić information content (AvgIpc) is 2.38. The van der Waals surface area contributed by atoms with Gasteiger partial charge in [0.2, 0.25) is 0 Å². The fourth-order valence-electron chi connectivity index (χ4n) is 1.50. The molecule has 5 heteroatoms. The van der Waals surface area contributed by atoms with Gasteiger partial charge in [0.25, 0.3) is 5.91 Å². The van der Waals surface area contributed by atoms with Crippen LogP contribution >= 0.6 is 15.9 Å². The number of nitrogens with one attached hydrogen (secondary N) is 1. The van der Waals surface area contributed by atoms with Crippen LogP contribution in [0, 0.1) is 0 Å². The molecule has 0 fully saturated rings. The second kappa shape index (κ2) is 7.26. The minimum atomic E-state index is -0.115. The van der Waals surface area contributed by atoms with Crippen LogP contribution in [0.2, 0.25) is 0 Å². The standard InChI is InChI=1S/C13H18BrNO3/c1-4-5-6-15-13(16)9-7-11(17-2)12(18-3)8-10(9)14/h7-8H,4-6H2,1-3H3,(H,15,16). The number of carbonyl (C=O) groups is 1. The molecule has 0 spiro atoms. The maximum absolute atomic E-state index is 12.0. The number of benzene rings is 1. The number of ether oxygens (including phenoxy) is 2. The zero-order chi connectivity index (χ0) is 13.5. The van der Waals surface area contributed by atoms with Crippen LogP contribution in [0.1, 0.15) is 30.1 Å². The van der Waals surface area contributed by atoms with Crippen molar-refractivity contribution in [1.82, 2.24) is 5.32 Å².